The average Bonchev–Trinajstić information content (AvgIpc) is 2.45. The van der Waals surface area contributed by atoms with Crippen molar-refractivity contribution in [2.45, 2.75) is 26.4 Å². The van der Waals surface area contributed by atoms with Crippen LogP contribution in [0.2, 0.25) is 0 Å². The second kappa shape index (κ2) is 7.45. The minimum atomic E-state index is -0.518. The van der Waals surface area contributed by atoms with Crippen LogP contribution in [0.5, 0.6) is 5.75 Å². The molecule has 0 aliphatic carbocycles. The highest BCUT2D eigenvalue weighted by Crippen LogP contribution is 2.18. The van der Waals surface area contributed by atoms with Crippen LogP contribution in [0.15, 0.2) is 48.5 Å². The Morgan fingerprint density at radius 2 is 1.71 bits per heavy atom. The summed E-state index contributed by atoms with van der Waals surface area (Å²) in [6.07, 6.45) is 0. The van der Waals surface area contributed by atoms with Gasteiger partial charge < -0.3 is 15.3 Å². The first-order chi connectivity index (χ1) is 9.58. The van der Waals surface area contributed by atoms with E-state index in [2.05, 4.69) is 13.8 Å². The van der Waals surface area contributed by atoms with Crippen molar-refractivity contribution in [3.8, 4) is 5.75 Å². The molecule has 2 aromatic carbocycles. The van der Waals surface area contributed by atoms with Crippen LogP contribution in [-0.2, 0) is 11.3 Å². The molecule has 0 saturated heterocycles. The fraction of sp³-hybridized carbons (Fsp3) is 0.235. The van der Waals surface area contributed by atoms with Crippen LogP contribution < -0.4 is 0 Å². The normalized spacial score (nSPS) is 10.0. The topological polar surface area (TPSA) is 78.0 Å². The molecule has 0 radical (unpaired) electrons. The molecule has 112 valence electrons. The van der Waals surface area contributed by atoms with Crippen LogP contribution in [0, 0.1) is 0 Å². The molecular weight excluding hydrogens is 268 g/mol. The number of esters is 1. The number of phenols is 1. The Labute approximate surface area is 124 Å². The molecule has 0 unspecified atom stereocenters. The number of ether oxygens (including phenoxy) is 1. The van der Waals surface area contributed by atoms with Gasteiger partial charge in [-0.25, -0.2) is 4.79 Å². The summed E-state index contributed by atoms with van der Waals surface area (Å²) < 4.78 is 5.20. The van der Waals surface area contributed by atoms with Crippen LogP contribution >= 0.6 is 0 Å². The van der Waals surface area contributed by atoms with E-state index in [1.165, 1.54) is 11.6 Å². The lowest BCUT2D eigenvalue weighted by Crippen LogP contribution is -2.05. The summed E-state index contributed by atoms with van der Waals surface area (Å²) in [5, 5.41) is 9.57. The van der Waals surface area contributed by atoms with Gasteiger partial charge in [0.25, 0.3) is 0 Å². The third-order valence-electron chi connectivity index (χ3n) is 3.14. The first-order valence-electron chi connectivity index (χ1n) is 6.62. The molecule has 4 heteroatoms. The molecular formula is C17H20O4. The van der Waals surface area contributed by atoms with E-state index in [9.17, 15) is 9.90 Å². The van der Waals surface area contributed by atoms with Crippen molar-refractivity contribution < 1.29 is 20.1 Å². The van der Waals surface area contributed by atoms with Crippen LogP contribution in [0.3, 0.4) is 0 Å². The fourth-order valence-electron chi connectivity index (χ4n) is 1.87. The molecule has 0 aliphatic heterocycles. The molecule has 3 N–H and O–H groups in total. The summed E-state index contributed by atoms with van der Waals surface area (Å²) >= 11 is 0. The number of para-hydroxylation sites is 1. The molecule has 0 fully saturated rings. The van der Waals surface area contributed by atoms with Gasteiger partial charge in [-0.1, -0.05) is 50.2 Å². The third-order valence-corrected chi connectivity index (χ3v) is 3.14. The zero-order valence-corrected chi connectivity index (χ0v) is 12.2. The Morgan fingerprint density at radius 1 is 1.10 bits per heavy atom. The maximum absolute atomic E-state index is 11.8. The highest BCUT2D eigenvalue weighted by molar-refractivity contribution is 5.92. The smallest absolute Gasteiger partial charge is 0.342 e. The number of carbonyl (C=O) groups excluding carboxylic acids is 1. The number of phenolic OH excluding ortho intramolecular Hbond substituents is 1. The summed E-state index contributed by atoms with van der Waals surface area (Å²) in [6, 6.07) is 14.3. The Kier molecular flexibility index (Phi) is 5.93. The van der Waals surface area contributed by atoms with Gasteiger partial charge in [0, 0.05) is 0 Å². The SMILES string of the molecule is CC(C)c1ccc(COC(=O)c2ccccc2O)cc1.O. The van der Waals surface area contributed by atoms with Crippen molar-refractivity contribution in [1.82, 2.24) is 0 Å². The number of carbonyl (C=O) groups is 1. The highest BCUT2D eigenvalue weighted by Gasteiger charge is 2.11. The molecule has 0 aliphatic rings. The van der Waals surface area contributed by atoms with Gasteiger partial charge in [-0.3, -0.25) is 0 Å². The molecule has 0 bridgehead atoms. The van der Waals surface area contributed by atoms with E-state index in [-0.39, 0.29) is 23.4 Å². The number of aromatic hydroxyl groups is 1. The molecule has 21 heavy (non-hydrogen) atoms. The zero-order valence-electron chi connectivity index (χ0n) is 12.2. The number of hydrogen-bond acceptors (Lipinski definition) is 3. The molecule has 0 spiro atoms. The Hall–Kier alpha value is -2.33. The minimum Gasteiger partial charge on any atom is -0.507 e. The number of benzene rings is 2. The Balaban J connectivity index is 0.00000220. The van der Waals surface area contributed by atoms with E-state index >= 15 is 0 Å². The molecule has 0 aromatic heterocycles. The summed E-state index contributed by atoms with van der Waals surface area (Å²) in [4.78, 5) is 11.8. The minimum absolute atomic E-state index is 0. The third kappa shape index (κ3) is 4.33. The lowest BCUT2D eigenvalue weighted by atomic mass is 10.0. The Bertz CT molecular complexity index is 588. The van der Waals surface area contributed by atoms with Gasteiger partial charge in [-0.05, 0) is 29.2 Å². The van der Waals surface area contributed by atoms with Crippen LogP contribution in [0.1, 0.15) is 41.3 Å². The van der Waals surface area contributed by atoms with Gasteiger partial charge in [0.2, 0.25) is 0 Å². The predicted octanol–water partition coefficient (Wildman–Crippen LogP) is 3.05. The first kappa shape index (κ1) is 16.7. The molecule has 0 saturated carbocycles. The van der Waals surface area contributed by atoms with E-state index in [0.29, 0.717) is 5.92 Å². The van der Waals surface area contributed by atoms with Crippen molar-refractivity contribution in [2.24, 2.45) is 0 Å². The van der Waals surface area contributed by atoms with E-state index in [1.54, 1.807) is 18.2 Å². The van der Waals surface area contributed by atoms with Gasteiger partial charge in [0.05, 0.1) is 0 Å². The Morgan fingerprint density at radius 3 is 2.29 bits per heavy atom. The molecule has 0 amide bonds. The van der Waals surface area contributed by atoms with Crippen molar-refractivity contribution >= 4 is 5.97 Å². The van der Waals surface area contributed by atoms with Crippen molar-refractivity contribution in [3.05, 3.63) is 65.2 Å². The van der Waals surface area contributed by atoms with E-state index in [0.717, 1.165) is 5.56 Å². The first-order valence-corrected chi connectivity index (χ1v) is 6.62. The van der Waals surface area contributed by atoms with Crippen molar-refractivity contribution in [3.63, 3.8) is 0 Å². The number of rotatable bonds is 4. The van der Waals surface area contributed by atoms with Gasteiger partial charge in [-0.15, -0.1) is 0 Å². The van der Waals surface area contributed by atoms with Crippen molar-refractivity contribution in [1.29, 1.82) is 0 Å². The summed E-state index contributed by atoms with van der Waals surface area (Å²) in [6.45, 7) is 4.46. The van der Waals surface area contributed by atoms with E-state index in [4.69, 9.17) is 4.74 Å². The van der Waals surface area contributed by atoms with E-state index < -0.39 is 5.97 Å². The van der Waals surface area contributed by atoms with Crippen LogP contribution in [0.4, 0.5) is 0 Å². The van der Waals surface area contributed by atoms with Crippen LogP contribution in [0.25, 0.3) is 0 Å². The molecule has 4 nitrogen and oxygen atoms in total. The van der Waals surface area contributed by atoms with Crippen LogP contribution in [-0.4, -0.2) is 16.6 Å². The predicted molar refractivity (Wildman–Crippen MR) is 81.4 cm³/mol. The van der Waals surface area contributed by atoms with Gasteiger partial charge >= 0.3 is 5.97 Å². The summed E-state index contributed by atoms with van der Waals surface area (Å²) in [7, 11) is 0. The highest BCUT2D eigenvalue weighted by atomic mass is 16.5. The molecule has 0 heterocycles. The molecule has 0 atom stereocenters. The maximum Gasteiger partial charge on any atom is 0.342 e. The summed E-state index contributed by atoms with van der Waals surface area (Å²) in [5.74, 6) is -0.100. The molecule has 2 aromatic rings. The number of hydrogen-bond donors (Lipinski definition) is 1. The standard InChI is InChI=1S/C17H18O3.H2O/c1-12(2)14-9-7-13(8-10-14)11-20-17(19)15-5-3-4-6-16(15)18;/h3-10,12,18H,11H2,1-2H3;1H2. The average molecular weight is 288 g/mol. The van der Waals surface area contributed by atoms with Gasteiger partial charge in [0.1, 0.15) is 17.9 Å². The monoisotopic (exact) mass is 288 g/mol. The lowest BCUT2D eigenvalue weighted by molar-refractivity contribution is 0.0469. The fourth-order valence-corrected chi connectivity index (χ4v) is 1.87. The molecule has 2 rings (SSSR count). The van der Waals surface area contributed by atoms with Gasteiger partial charge in [-0.2, -0.15) is 0 Å². The largest absolute Gasteiger partial charge is 0.507 e. The lowest BCUT2D eigenvalue weighted by Gasteiger charge is -2.08. The summed E-state index contributed by atoms with van der Waals surface area (Å²) in [5.41, 5.74) is 2.37. The quantitative estimate of drug-likeness (QED) is 0.878. The van der Waals surface area contributed by atoms with Gasteiger partial charge in [0.15, 0.2) is 0 Å². The van der Waals surface area contributed by atoms with E-state index in [1.807, 2.05) is 24.3 Å². The maximum atomic E-state index is 11.8. The second-order valence-electron chi connectivity index (χ2n) is 4.99. The second-order valence-corrected chi connectivity index (χ2v) is 4.99. The van der Waals surface area contributed by atoms with Crippen molar-refractivity contribution in [2.75, 3.05) is 0 Å². The zero-order chi connectivity index (χ0) is 14.5.